The lowest BCUT2D eigenvalue weighted by Crippen LogP contribution is -2.34. The fraction of sp³-hybridized carbons (Fsp3) is 0.448. The summed E-state index contributed by atoms with van der Waals surface area (Å²) in [5.74, 6) is 3.05. The van der Waals surface area contributed by atoms with Crippen LogP contribution in [0.1, 0.15) is 87.4 Å². The van der Waals surface area contributed by atoms with Gasteiger partial charge in [0.05, 0.1) is 55.9 Å². The van der Waals surface area contributed by atoms with Crippen molar-refractivity contribution < 1.29 is 9.47 Å². The monoisotopic (exact) mass is 1180 g/mol. The summed E-state index contributed by atoms with van der Waals surface area (Å²) in [5, 5.41) is 29.9. The minimum absolute atomic E-state index is 0.285. The van der Waals surface area contributed by atoms with Crippen LogP contribution in [-0.4, -0.2) is 82.0 Å². The number of nitrogens with two attached hydrogens (primary N) is 1. The van der Waals surface area contributed by atoms with E-state index in [2.05, 4.69) is 123 Å². The lowest BCUT2D eigenvalue weighted by atomic mass is 9.79. The topological polar surface area (TPSA) is 181 Å². The lowest BCUT2D eigenvalue weighted by Gasteiger charge is -2.31. The fourth-order valence-electron chi connectivity index (χ4n) is 10.5. The average Bonchev–Trinajstić information content (AvgIpc) is 4.11. The van der Waals surface area contributed by atoms with Crippen molar-refractivity contribution in [2.24, 2.45) is 11.8 Å². The number of rotatable bonds is 17. The number of benzene rings is 2. The van der Waals surface area contributed by atoms with Crippen LogP contribution in [0.5, 0.6) is 0 Å². The van der Waals surface area contributed by atoms with E-state index in [0.29, 0.717) is 49.9 Å². The molecule has 0 radical (unpaired) electrons. The van der Waals surface area contributed by atoms with Gasteiger partial charge in [0.15, 0.2) is 17.1 Å². The van der Waals surface area contributed by atoms with Gasteiger partial charge in [-0.1, -0.05) is 75.7 Å². The summed E-state index contributed by atoms with van der Waals surface area (Å²) in [6.07, 6.45) is 17.0. The number of anilines is 2. The first-order valence-corrected chi connectivity index (χ1v) is 35.8. The van der Waals surface area contributed by atoms with E-state index in [1.807, 2.05) is 65.7 Å². The molecule has 0 bridgehead atoms. The predicted octanol–water partition coefficient (Wildman–Crippen LogP) is 14.8. The quantitative estimate of drug-likeness (QED) is 0.0518. The molecule has 2 aromatic carbocycles. The molecule has 0 unspecified atom stereocenters. The van der Waals surface area contributed by atoms with Crippen molar-refractivity contribution in [1.82, 2.24) is 39.2 Å². The van der Waals surface area contributed by atoms with Crippen molar-refractivity contribution in [3.05, 3.63) is 106 Å². The molecule has 0 atom stereocenters. The molecule has 2 aliphatic rings. The maximum Gasteiger partial charge on any atom is 0.165 e. The van der Waals surface area contributed by atoms with Crippen molar-refractivity contribution >= 4 is 92.7 Å². The number of ether oxygens (including phenoxy) is 2. The second-order valence-electron chi connectivity index (χ2n) is 23.1. The summed E-state index contributed by atoms with van der Waals surface area (Å²) in [6, 6.07) is 27.4. The zero-order valence-electron chi connectivity index (χ0n) is 44.8. The molecule has 10 rings (SSSR count). The van der Waals surface area contributed by atoms with Crippen molar-refractivity contribution in [2.75, 3.05) is 37.3 Å². The largest absolute Gasteiger partial charge is 0.383 e. The van der Waals surface area contributed by atoms with Crippen molar-refractivity contribution in [3.8, 4) is 34.4 Å². The summed E-state index contributed by atoms with van der Waals surface area (Å²) < 4.78 is 18.1. The van der Waals surface area contributed by atoms with E-state index in [-0.39, 0.29) is 5.92 Å². The summed E-state index contributed by atoms with van der Waals surface area (Å²) in [6.45, 7) is 16.5. The molecule has 2 fully saturated rings. The number of para-hydroxylation sites is 2. The Bertz CT molecular complexity index is 3370. The summed E-state index contributed by atoms with van der Waals surface area (Å²) >= 11 is 7.70. The molecule has 2 saturated carbocycles. The number of hydrogen-bond acceptors (Lipinski definition) is 12. The predicted molar refractivity (Wildman–Crippen MR) is 318 cm³/mol. The third kappa shape index (κ3) is 13.0. The van der Waals surface area contributed by atoms with Crippen LogP contribution in [0.15, 0.2) is 94.4 Å². The summed E-state index contributed by atoms with van der Waals surface area (Å²) in [7, 11) is -2.49. The van der Waals surface area contributed by atoms with Gasteiger partial charge in [0.2, 0.25) is 0 Å². The minimum atomic E-state index is -1.25. The first-order chi connectivity index (χ1) is 36.6. The first-order valence-electron chi connectivity index (χ1n) is 26.8. The van der Waals surface area contributed by atoms with E-state index in [4.69, 9.17) is 40.5 Å². The van der Waals surface area contributed by atoms with Gasteiger partial charge in [-0.15, -0.1) is 0 Å². The number of nitrogens with zero attached hydrogens (tertiary/aromatic N) is 11. The Hall–Kier alpha value is -5.61. The molecule has 76 heavy (non-hydrogen) atoms. The molecule has 0 aliphatic heterocycles. The van der Waals surface area contributed by atoms with E-state index >= 15 is 0 Å². The van der Waals surface area contributed by atoms with E-state index in [0.717, 1.165) is 158 Å². The van der Waals surface area contributed by atoms with Gasteiger partial charge in [-0.3, -0.25) is 9.97 Å². The zero-order valence-corrected chi connectivity index (χ0v) is 49.9. The van der Waals surface area contributed by atoms with Gasteiger partial charge in [-0.2, -0.15) is 29.8 Å². The smallest absolute Gasteiger partial charge is 0.165 e. The SMILES string of the molecule is C[Si](C)(C)CCOCN(COCC[Si](C)(C)C)c1c(Br)c(C2CCC(CC#N)CC2)nc2c(-c3cnc4ccccc4c3)cnn12.N#CCC1CCC(c2nc3c(-c4cnc5ccccc5c4)cnn3c(N)c2Br)CC1. The van der Waals surface area contributed by atoms with E-state index in [1.165, 1.54) is 0 Å². The average molecular weight is 1180 g/mol. The van der Waals surface area contributed by atoms with Gasteiger partial charge in [0.1, 0.15) is 19.3 Å². The van der Waals surface area contributed by atoms with E-state index in [9.17, 15) is 5.26 Å². The molecule has 14 nitrogen and oxygen atoms in total. The van der Waals surface area contributed by atoms with Gasteiger partial charge in [0.25, 0.3) is 0 Å². The Morgan fingerprint density at radius 1 is 0.618 bits per heavy atom. The van der Waals surface area contributed by atoms with Gasteiger partial charge >= 0.3 is 0 Å². The number of nitriles is 2. The molecule has 2 N–H and O–H groups in total. The number of halogens is 2. The number of nitrogen functional groups attached to an aromatic ring is 1. The van der Waals surface area contributed by atoms with Crippen LogP contribution in [0.4, 0.5) is 11.6 Å². The minimum Gasteiger partial charge on any atom is -0.383 e. The van der Waals surface area contributed by atoms with Crippen LogP contribution in [-0.2, 0) is 9.47 Å². The van der Waals surface area contributed by atoms with Gasteiger partial charge in [-0.05, 0) is 131 Å². The van der Waals surface area contributed by atoms with Crippen molar-refractivity contribution in [3.63, 3.8) is 0 Å². The highest BCUT2D eigenvalue weighted by Crippen LogP contribution is 2.44. The Morgan fingerprint density at radius 2 is 1.05 bits per heavy atom. The van der Waals surface area contributed by atoms with Crippen LogP contribution in [0.25, 0.3) is 55.4 Å². The second-order valence-corrected chi connectivity index (χ2v) is 36.0. The number of aromatic nitrogens is 8. The molecule has 2 aliphatic carbocycles. The Kier molecular flexibility index (Phi) is 17.7. The zero-order chi connectivity index (χ0) is 53.6. The molecule has 8 aromatic rings. The Morgan fingerprint density at radius 3 is 1.51 bits per heavy atom. The molecule has 18 heteroatoms. The maximum absolute atomic E-state index is 9.30. The molecule has 6 heterocycles. The van der Waals surface area contributed by atoms with Gasteiger partial charge < -0.3 is 20.1 Å². The number of hydrogen-bond donors (Lipinski definition) is 1. The molecule has 0 saturated heterocycles. The number of fused-ring (bicyclic) bond motifs is 4. The van der Waals surface area contributed by atoms with Crippen LogP contribution < -0.4 is 10.6 Å². The van der Waals surface area contributed by atoms with Crippen LogP contribution >= 0.6 is 31.9 Å². The van der Waals surface area contributed by atoms with Gasteiger partial charge in [-0.25, -0.2) is 9.97 Å². The molecular weight excluding hydrogens is 1110 g/mol. The normalized spacial score (nSPS) is 18.1. The van der Waals surface area contributed by atoms with Crippen LogP contribution in [0.2, 0.25) is 51.4 Å². The van der Waals surface area contributed by atoms with Crippen molar-refractivity contribution in [1.29, 1.82) is 10.5 Å². The Balaban J connectivity index is 0.000000202. The third-order valence-corrected chi connectivity index (χ3v) is 20.0. The highest BCUT2D eigenvalue weighted by Gasteiger charge is 2.31. The summed E-state index contributed by atoms with van der Waals surface area (Å²) in [4.78, 5) is 21.9. The Labute approximate surface area is 465 Å². The van der Waals surface area contributed by atoms with Crippen LogP contribution in [0.3, 0.4) is 0 Å². The highest BCUT2D eigenvalue weighted by atomic mass is 79.9. The standard InChI is InChI=1S/C35H49BrN6O2Si2.C23H21BrN6/c1-45(2,3)19-17-43-24-41(25-44-18-20-46(4,5)6)35-32(36)33(27-13-11-26(12-14-27)15-16-37)40-34-30(23-39-42(34)35)29-21-28-9-7-8-10-31(28)38-22-29;24-20-21(15-7-5-14(6-8-15)9-10-25)29-23-18(13-28-30(23)22(20)26)17-11-16-3-1-2-4-19(16)27-12-17/h7-10,21-23,26-27H,11-15,17-20,24-25H2,1-6H3;1-4,11-15H,5-9,26H2. The maximum atomic E-state index is 9.30. The number of pyridine rings is 2. The molecule has 0 amide bonds. The molecule has 0 spiro atoms. The fourth-order valence-corrected chi connectivity index (χ4v) is 13.4. The molecule has 6 aromatic heterocycles. The molecule has 396 valence electrons. The lowest BCUT2D eigenvalue weighted by molar-refractivity contribution is 0.0941. The first kappa shape index (κ1) is 55.2. The van der Waals surface area contributed by atoms with Gasteiger partial charge in [0, 0.05) is 99.5 Å². The summed E-state index contributed by atoms with van der Waals surface area (Å²) in [5.41, 5.74) is 15.8. The third-order valence-electron chi connectivity index (χ3n) is 15.1. The second kappa shape index (κ2) is 24.4. The van der Waals surface area contributed by atoms with Crippen LogP contribution in [0, 0.1) is 34.5 Å². The van der Waals surface area contributed by atoms with E-state index in [1.54, 1.807) is 4.52 Å². The highest BCUT2D eigenvalue weighted by molar-refractivity contribution is 9.11. The molecular formula is C58H70Br2N12O2Si2. The van der Waals surface area contributed by atoms with Crippen molar-refractivity contribution in [2.45, 2.75) is 127 Å². The van der Waals surface area contributed by atoms with E-state index < -0.39 is 16.1 Å².